The van der Waals surface area contributed by atoms with Crippen LogP contribution in [0.2, 0.25) is 0 Å². The molecule has 2 heterocycles. The van der Waals surface area contributed by atoms with Crippen molar-refractivity contribution in [2.75, 3.05) is 35.6 Å². The van der Waals surface area contributed by atoms with E-state index in [4.69, 9.17) is 0 Å². The van der Waals surface area contributed by atoms with Crippen molar-refractivity contribution in [1.29, 1.82) is 0 Å². The molecule has 2 aromatic rings. The SMILES string of the molecule is O=C(Nc1ccccc1)Nc1cccc(NC(=O)C23CCCN(CC2)C3)c1. The van der Waals surface area contributed by atoms with E-state index in [-0.39, 0.29) is 17.4 Å². The van der Waals surface area contributed by atoms with Crippen LogP contribution in [0.3, 0.4) is 0 Å². The van der Waals surface area contributed by atoms with Gasteiger partial charge in [-0.1, -0.05) is 24.3 Å². The normalized spacial score (nSPS) is 23.5. The van der Waals surface area contributed by atoms with Crippen LogP contribution >= 0.6 is 0 Å². The van der Waals surface area contributed by atoms with E-state index < -0.39 is 0 Å². The summed E-state index contributed by atoms with van der Waals surface area (Å²) in [4.78, 5) is 27.4. The molecule has 0 aliphatic carbocycles. The number of urea groups is 1. The molecule has 2 aliphatic rings. The van der Waals surface area contributed by atoms with Crippen LogP contribution in [0, 0.1) is 5.41 Å². The number of hydrogen-bond acceptors (Lipinski definition) is 3. The van der Waals surface area contributed by atoms with Crippen LogP contribution < -0.4 is 16.0 Å². The van der Waals surface area contributed by atoms with Crippen LogP contribution in [-0.4, -0.2) is 36.5 Å². The third-order valence-corrected chi connectivity index (χ3v) is 5.45. The number of nitrogens with zero attached hydrogens (tertiary/aromatic N) is 1. The van der Waals surface area contributed by atoms with E-state index in [2.05, 4.69) is 20.9 Å². The average molecular weight is 364 g/mol. The Balaban J connectivity index is 1.39. The van der Waals surface area contributed by atoms with Gasteiger partial charge < -0.3 is 20.9 Å². The van der Waals surface area contributed by atoms with E-state index in [0.717, 1.165) is 44.6 Å². The number of hydrogen-bond donors (Lipinski definition) is 3. The fraction of sp³-hybridized carbons (Fsp3) is 0.333. The van der Waals surface area contributed by atoms with Gasteiger partial charge in [0.15, 0.2) is 0 Å². The minimum Gasteiger partial charge on any atom is -0.325 e. The first-order chi connectivity index (χ1) is 13.1. The van der Waals surface area contributed by atoms with Gasteiger partial charge in [0.1, 0.15) is 0 Å². The van der Waals surface area contributed by atoms with Crippen LogP contribution in [0.5, 0.6) is 0 Å². The van der Waals surface area contributed by atoms with Crippen molar-refractivity contribution in [3.8, 4) is 0 Å². The quantitative estimate of drug-likeness (QED) is 0.773. The molecule has 0 saturated carbocycles. The van der Waals surface area contributed by atoms with Gasteiger partial charge in [-0.05, 0) is 62.7 Å². The van der Waals surface area contributed by atoms with Gasteiger partial charge in [0, 0.05) is 23.6 Å². The Labute approximate surface area is 158 Å². The minimum absolute atomic E-state index is 0.0931. The number of para-hydroxylation sites is 1. The summed E-state index contributed by atoms with van der Waals surface area (Å²) in [6.07, 6.45) is 2.96. The van der Waals surface area contributed by atoms with E-state index in [1.165, 1.54) is 0 Å². The van der Waals surface area contributed by atoms with Gasteiger partial charge in [-0.25, -0.2) is 4.79 Å². The van der Waals surface area contributed by atoms with E-state index >= 15 is 0 Å². The molecular weight excluding hydrogens is 340 g/mol. The molecule has 2 bridgehead atoms. The number of benzene rings is 2. The molecule has 0 radical (unpaired) electrons. The Morgan fingerprint density at radius 2 is 1.52 bits per heavy atom. The molecule has 3 amide bonds. The van der Waals surface area contributed by atoms with Gasteiger partial charge >= 0.3 is 6.03 Å². The van der Waals surface area contributed by atoms with Crippen molar-refractivity contribution >= 4 is 29.0 Å². The monoisotopic (exact) mass is 364 g/mol. The van der Waals surface area contributed by atoms with Crippen molar-refractivity contribution < 1.29 is 9.59 Å². The summed E-state index contributed by atoms with van der Waals surface area (Å²) < 4.78 is 0. The second-order valence-corrected chi connectivity index (χ2v) is 7.39. The van der Waals surface area contributed by atoms with E-state index in [1.807, 2.05) is 42.5 Å². The maximum atomic E-state index is 12.9. The van der Waals surface area contributed by atoms with Crippen molar-refractivity contribution in [3.63, 3.8) is 0 Å². The van der Waals surface area contributed by atoms with Gasteiger partial charge in [-0.15, -0.1) is 0 Å². The zero-order chi connectivity index (χ0) is 18.7. The number of carbonyl (C=O) groups is 2. The Kier molecular flexibility index (Phi) is 4.81. The first-order valence-corrected chi connectivity index (χ1v) is 9.40. The minimum atomic E-state index is -0.318. The summed E-state index contributed by atoms with van der Waals surface area (Å²) in [7, 11) is 0. The summed E-state index contributed by atoms with van der Waals surface area (Å²) in [6.45, 7) is 2.97. The van der Waals surface area contributed by atoms with Gasteiger partial charge in [0.25, 0.3) is 0 Å². The van der Waals surface area contributed by atoms with E-state index in [1.54, 1.807) is 12.1 Å². The topological polar surface area (TPSA) is 73.5 Å². The summed E-state index contributed by atoms with van der Waals surface area (Å²) in [5.74, 6) is 0.0931. The predicted molar refractivity (Wildman–Crippen MR) is 107 cm³/mol. The summed E-state index contributed by atoms with van der Waals surface area (Å²) >= 11 is 0. The molecule has 2 unspecified atom stereocenters. The lowest BCUT2D eigenvalue weighted by Gasteiger charge is -2.32. The molecule has 140 valence electrons. The molecule has 0 spiro atoms. The number of nitrogens with one attached hydrogen (secondary N) is 3. The molecule has 6 heteroatoms. The molecule has 3 N–H and O–H groups in total. The summed E-state index contributed by atoms with van der Waals surface area (Å²) in [5.41, 5.74) is 1.81. The van der Waals surface area contributed by atoms with Crippen LogP contribution in [0.4, 0.5) is 21.9 Å². The molecule has 2 aliphatic heterocycles. The zero-order valence-electron chi connectivity index (χ0n) is 15.2. The van der Waals surface area contributed by atoms with Crippen LogP contribution in [-0.2, 0) is 4.79 Å². The van der Waals surface area contributed by atoms with Gasteiger partial charge in [0.2, 0.25) is 5.91 Å². The second-order valence-electron chi connectivity index (χ2n) is 7.39. The Morgan fingerprint density at radius 1 is 0.815 bits per heavy atom. The molecule has 6 nitrogen and oxygen atoms in total. The van der Waals surface area contributed by atoms with Gasteiger partial charge in [0.05, 0.1) is 5.41 Å². The summed E-state index contributed by atoms with van der Waals surface area (Å²) in [5, 5.41) is 8.64. The van der Waals surface area contributed by atoms with Gasteiger partial charge in [-0.2, -0.15) is 0 Å². The number of piperidine rings is 1. The Hall–Kier alpha value is -2.86. The molecule has 2 saturated heterocycles. The lowest BCUT2D eigenvalue weighted by atomic mass is 9.80. The van der Waals surface area contributed by atoms with E-state index in [9.17, 15) is 9.59 Å². The molecule has 2 aromatic carbocycles. The Bertz CT molecular complexity index is 835. The largest absolute Gasteiger partial charge is 0.325 e. The number of anilines is 3. The average Bonchev–Trinajstić information content (AvgIpc) is 2.98. The first-order valence-electron chi connectivity index (χ1n) is 9.40. The van der Waals surface area contributed by atoms with Crippen molar-refractivity contribution in [2.24, 2.45) is 5.41 Å². The number of rotatable bonds is 4. The van der Waals surface area contributed by atoms with Crippen molar-refractivity contribution in [2.45, 2.75) is 19.3 Å². The lowest BCUT2D eigenvalue weighted by Crippen LogP contribution is -2.42. The fourth-order valence-electron chi connectivity index (χ4n) is 4.05. The fourth-order valence-corrected chi connectivity index (χ4v) is 4.05. The maximum Gasteiger partial charge on any atom is 0.323 e. The van der Waals surface area contributed by atoms with Crippen LogP contribution in [0.15, 0.2) is 54.6 Å². The lowest BCUT2D eigenvalue weighted by molar-refractivity contribution is -0.126. The highest BCUT2D eigenvalue weighted by Gasteiger charge is 2.46. The van der Waals surface area contributed by atoms with E-state index in [0.29, 0.717) is 11.4 Å². The molecular formula is C21H24N4O2. The molecule has 0 aromatic heterocycles. The molecule has 4 rings (SSSR count). The number of amides is 3. The summed E-state index contributed by atoms with van der Waals surface area (Å²) in [6, 6.07) is 16.2. The first kappa shape index (κ1) is 17.5. The highest BCUT2D eigenvalue weighted by molar-refractivity contribution is 6.01. The maximum absolute atomic E-state index is 12.9. The third kappa shape index (κ3) is 3.95. The van der Waals surface area contributed by atoms with Crippen LogP contribution in [0.25, 0.3) is 0 Å². The Morgan fingerprint density at radius 3 is 2.33 bits per heavy atom. The smallest absolute Gasteiger partial charge is 0.323 e. The second kappa shape index (κ2) is 7.40. The highest BCUT2D eigenvalue weighted by Crippen LogP contribution is 2.40. The highest BCUT2D eigenvalue weighted by atomic mass is 16.2. The zero-order valence-corrected chi connectivity index (χ0v) is 15.2. The standard InChI is InChI=1S/C21H24N4O2/c26-19(21-10-5-12-25(15-21)13-11-21)22-17-8-4-9-18(14-17)24-20(27)23-16-6-2-1-3-7-16/h1-4,6-9,14H,5,10-13,15H2,(H,22,26)(H2,23,24,27). The van der Waals surface area contributed by atoms with Gasteiger partial charge in [-0.3, -0.25) is 4.79 Å². The molecule has 27 heavy (non-hydrogen) atoms. The third-order valence-electron chi connectivity index (χ3n) is 5.45. The van der Waals surface area contributed by atoms with Crippen molar-refractivity contribution in [1.82, 2.24) is 4.90 Å². The number of carbonyl (C=O) groups excluding carboxylic acids is 2. The predicted octanol–water partition coefficient (Wildman–Crippen LogP) is 3.76. The number of fused-ring (bicyclic) bond motifs is 2. The molecule has 2 atom stereocenters. The van der Waals surface area contributed by atoms with Crippen LogP contribution in [0.1, 0.15) is 19.3 Å². The van der Waals surface area contributed by atoms with Crippen molar-refractivity contribution in [3.05, 3.63) is 54.6 Å². The molecule has 2 fully saturated rings.